The maximum atomic E-state index is 12.3. The SMILES string of the molecule is Cc1ccc(C(=O)N/N=C\c2cc(Br)c(OCc3cccc([N+](=O)[O-])c3)c(Br)c2)c(Cl)c1. The molecule has 3 aromatic rings. The highest BCUT2D eigenvalue weighted by molar-refractivity contribution is 9.11. The number of aryl methyl sites for hydroxylation is 1. The van der Waals surface area contributed by atoms with Gasteiger partial charge in [0.2, 0.25) is 0 Å². The third-order valence-corrected chi connectivity index (χ3v) is 5.76. The highest BCUT2D eigenvalue weighted by atomic mass is 79.9. The van der Waals surface area contributed by atoms with Crippen LogP contribution < -0.4 is 10.2 Å². The van der Waals surface area contributed by atoms with Crippen molar-refractivity contribution in [2.45, 2.75) is 13.5 Å². The van der Waals surface area contributed by atoms with Gasteiger partial charge in [0.15, 0.2) is 0 Å². The number of hydrogen-bond acceptors (Lipinski definition) is 5. The molecular formula is C22H16Br2ClN3O4. The van der Waals surface area contributed by atoms with E-state index in [4.69, 9.17) is 16.3 Å². The van der Waals surface area contributed by atoms with Gasteiger partial charge in [-0.1, -0.05) is 29.8 Å². The first-order valence-corrected chi connectivity index (χ1v) is 11.2. The van der Waals surface area contributed by atoms with E-state index in [9.17, 15) is 14.9 Å². The van der Waals surface area contributed by atoms with Crippen LogP contribution in [0.2, 0.25) is 5.02 Å². The first-order valence-electron chi connectivity index (χ1n) is 9.19. The molecule has 0 spiro atoms. The number of carbonyl (C=O) groups excluding carboxylic acids is 1. The Balaban J connectivity index is 1.66. The van der Waals surface area contributed by atoms with Crippen molar-refractivity contribution in [3.63, 3.8) is 0 Å². The minimum atomic E-state index is -0.449. The summed E-state index contributed by atoms with van der Waals surface area (Å²) in [6.07, 6.45) is 1.49. The van der Waals surface area contributed by atoms with Gasteiger partial charge >= 0.3 is 0 Å². The normalized spacial score (nSPS) is 10.9. The fraction of sp³-hybridized carbons (Fsp3) is 0.0909. The lowest BCUT2D eigenvalue weighted by atomic mass is 10.1. The molecule has 0 atom stereocenters. The Morgan fingerprint density at radius 2 is 1.91 bits per heavy atom. The van der Waals surface area contributed by atoms with Crippen LogP contribution in [0.15, 0.2) is 68.6 Å². The summed E-state index contributed by atoms with van der Waals surface area (Å²) in [5, 5.41) is 15.3. The molecule has 3 aromatic carbocycles. The van der Waals surface area contributed by atoms with Gasteiger partial charge in [-0.3, -0.25) is 14.9 Å². The molecule has 0 saturated carbocycles. The van der Waals surface area contributed by atoms with Crippen LogP contribution in [0.3, 0.4) is 0 Å². The summed E-state index contributed by atoms with van der Waals surface area (Å²) in [7, 11) is 0. The van der Waals surface area contributed by atoms with Gasteiger partial charge < -0.3 is 4.74 Å². The number of rotatable bonds is 7. The smallest absolute Gasteiger partial charge is 0.272 e. The van der Waals surface area contributed by atoms with Gasteiger partial charge in [0.05, 0.1) is 30.7 Å². The van der Waals surface area contributed by atoms with Gasteiger partial charge in [-0.2, -0.15) is 5.10 Å². The topological polar surface area (TPSA) is 93.8 Å². The van der Waals surface area contributed by atoms with Crippen molar-refractivity contribution in [1.29, 1.82) is 0 Å². The van der Waals surface area contributed by atoms with Crippen LogP contribution in [0.25, 0.3) is 0 Å². The molecule has 0 radical (unpaired) electrons. The Hall–Kier alpha value is -2.75. The summed E-state index contributed by atoms with van der Waals surface area (Å²) in [6, 6.07) is 14.9. The summed E-state index contributed by atoms with van der Waals surface area (Å²) >= 11 is 13.0. The minimum Gasteiger partial charge on any atom is -0.487 e. The van der Waals surface area contributed by atoms with Crippen molar-refractivity contribution < 1.29 is 14.5 Å². The molecule has 164 valence electrons. The van der Waals surface area contributed by atoms with E-state index in [-0.39, 0.29) is 12.3 Å². The number of nitro benzene ring substituents is 1. The number of non-ortho nitro benzene ring substituents is 1. The number of nitrogens with zero attached hydrogens (tertiary/aromatic N) is 2. The van der Waals surface area contributed by atoms with Crippen molar-refractivity contribution in [3.8, 4) is 5.75 Å². The molecule has 0 bridgehead atoms. The van der Waals surface area contributed by atoms with E-state index in [0.717, 1.165) is 5.56 Å². The molecule has 0 aliphatic rings. The molecule has 7 nitrogen and oxygen atoms in total. The molecular weight excluding hydrogens is 566 g/mol. The van der Waals surface area contributed by atoms with Gasteiger partial charge in [0, 0.05) is 12.1 Å². The molecule has 1 amide bonds. The van der Waals surface area contributed by atoms with Crippen LogP contribution in [0.4, 0.5) is 5.69 Å². The molecule has 0 aromatic heterocycles. The summed E-state index contributed by atoms with van der Waals surface area (Å²) < 4.78 is 7.11. The molecule has 10 heteroatoms. The molecule has 0 aliphatic carbocycles. The van der Waals surface area contributed by atoms with Crippen LogP contribution in [-0.4, -0.2) is 17.0 Å². The zero-order valence-electron chi connectivity index (χ0n) is 16.6. The Kier molecular flexibility index (Phi) is 8.00. The number of amides is 1. The summed E-state index contributed by atoms with van der Waals surface area (Å²) in [5.74, 6) is 0.116. The van der Waals surface area contributed by atoms with Gasteiger partial charge in [0.25, 0.3) is 11.6 Å². The van der Waals surface area contributed by atoms with E-state index in [2.05, 4.69) is 42.4 Å². The monoisotopic (exact) mass is 579 g/mol. The number of ether oxygens (including phenoxy) is 1. The summed E-state index contributed by atoms with van der Waals surface area (Å²) in [6.45, 7) is 2.04. The van der Waals surface area contributed by atoms with Gasteiger partial charge in [-0.15, -0.1) is 0 Å². The zero-order valence-corrected chi connectivity index (χ0v) is 20.6. The Morgan fingerprint density at radius 3 is 2.56 bits per heavy atom. The number of halogens is 3. The number of hydrazone groups is 1. The zero-order chi connectivity index (χ0) is 23.3. The Labute approximate surface area is 205 Å². The average Bonchev–Trinajstić information content (AvgIpc) is 2.73. The Bertz CT molecular complexity index is 1190. The van der Waals surface area contributed by atoms with E-state index in [1.807, 2.05) is 6.92 Å². The lowest BCUT2D eigenvalue weighted by Gasteiger charge is -2.11. The number of hydrogen-bond donors (Lipinski definition) is 1. The van der Waals surface area contributed by atoms with Crippen LogP contribution in [0.1, 0.15) is 27.0 Å². The number of benzene rings is 3. The van der Waals surface area contributed by atoms with E-state index >= 15 is 0 Å². The second-order valence-electron chi connectivity index (χ2n) is 6.71. The van der Waals surface area contributed by atoms with Crippen molar-refractivity contribution >= 4 is 61.3 Å². The lowest BCUT2D eigenvalue weighted by molar-refractivity contribution is -0.384. The number of nitro groups is 1. The van der Waals surface area contributed by atoms with Crippen LogP contribution >= 0.6 is 43.5 Å². The average molecular weight is 582 g/mol. The van der Waals surface area contributed by atoms with E-state index < -0.39 is 10.8 Å². The van der Waals surface area contributed by atoms with Crippen LogP contribution in [-0.2, 0) is 6.61 Å². The predicted octanol–water partition coefficient (Wildman–Crippen LogP) is 6.42. The van der Waals surface area contributed by atoms with Gasteiger partial charge in [-0.25, -0.2) is 5.43 Å². The maximum absolute atomic E-state index is 12.3. The van der Waals surface area contributed by atoms with E-state index in [1.54, 1.807) is 42.5 Å². The fourth-order valence-electron chi connectivity index (χ4n) is 2.74. The third kappa shape index (κ3) is 6.15. The first-order chi connectivity index (χ1) is 15.2. The summed E-state index contributed by atoms with van der Waals surface area (Å²) in [5.41, 5.74) is 5.11. The van der Waals surface area contributed by atoms with Crippen molar-refractivity contribution in [2.75, 3.05) is 0 Å². The maximum Gasteiger partial charge on any atom is 0.272 e. The molecule has 0 aliphatic heterocycles. The first kappa shape index (κ1) is 23.9. The quantitative estimate of drug-likeness (QED) is 0.198. The highest BCUT2D eigenvalue weighted by Gasteiger charge is 2.12. The fourth-order valence-corrected chi connectivity index (χ4v) is 4.51. The lowest BCUT2D eigenvalue weighted by Crippen LogP contribution is -2.18. The molecule has 3 rings (SSSR count). The van der Waals surface area contributed by atoms with Gasteiger partial charge in [0.1, 0.15) is 12.4 Å². The second-order valence-corrected chi connectivity index (χ2v) is 8.83. The molecule has 32 heavy (non-hydrogen) atoms. The molecule has 0 fully saturated rings. The highest BCUT2D eigenvalue weighted by Crippen LogP contribution is 2.35. The van der Waals surface area contributed by atoms with Crippen molar-refractivity contribution in [1.82, 2.24) is 5.43 Å². The molecule has 0 unspecified atom stereocenters. The second kappa shape index (κ2) is 10.7. The largest absolute Gasteiger partial charge is 0.487 e. The standard InChI is InChI=1S/C22H16Br2ClN3O4/c1-13-5-6-17(20(25)7-13)22(29)27-26-11-15-9-18(23)21(19(24)10-15)32-12-14-3-2-4-16(8-14)28(30)31/h2-11H,12H2,1H3,(H,27,29)/b26-11-. The van der Waals surface area contributed by atoms with Gasteiger partial charge in [-0.05, 0) is 79.7 Å². The van der Waals surface area contributed by atoms with E-state index in [1.165, 1.54) is 18.3 Å². The number of nitrogens with one attached hydrogen (secondary N) is 1. The predicted molar refractivity (Wildman–Crippen MR) is 131 cm³/mol. The number of carbonyl (C=O) groups is 1. The van der Waals surface area contributed by atoms with Crippen LogP contribution in [0, 0.1) is 17.0 Å². The third-order valence-electron chi connectivity index (χ3n) is 4.27. The van der Waals surface area contributed by atoms with Crippen LogP contribution in [0.5, 0.6) is 5.75 Å². The summed E-state index contributed by atoms with van der Waals surface area (Å²) in [4.78, 5) is 22.7. The van der Waals surface area contributed by atoms with E-state index in [0.29, 0.717) is 36.4 Å². The minimum absolute atomic E-state index is 0.00441. The molecule has 1 N–H and O–H groups in total. The molecule has 0 saturated heterocycles. The van der Waals surface area contributed by atoms with Crippen molar-refractivity contribution in [2.24, 2.45) is 5.10 Å². The van der Waals surface area contributed by atoms with Crippen molar-refractivity contribution in [3.05, 3.63) is 101 Å². The Morgan fingerprint density at radius 1 is 1.19 bits per heavy atom. The molecule has 0 heterocycles.